The molecular formula is C11H24S3Si. The molecule has 4 heteroatoms. The van der Waals surface area contributed by atoms with E-state index in [9.17, 15) is 0 Å². The Kier molecular flexibility index (Phi) is 7.85. The van der Waals surface area contributed by atoms with Gasteiger partial charge in [-0.05, 0) is 37.0 Å². The molecule has 0 aromatic carbocycles. The third-order valence-electron chi connectivity index (χ3n) is 2.67. The first kappa shape index (κ1) is 16.0. The number of thioether (sulfide) groups is 3. The second-order valence-corrected chi connectivity index (χ2v) is 13.8. The van der Waals surface area contributed by atoms with Crippen LogP contribution in [0, 0.1) is 0 Å². The minimum atomic E-state index is -1.11. The van der Waals surface area contributed by atoms with Crippen molar-refractivity contribution in [2.75, 3.05) is 18.8 Å². The molecule has 90 valence electrons. The molecule has 0 aromatic heterocycles. The molecule has 0 radical (unpaired) electrons. The van der Waals surface area contributed by atoms with Crippen LogP contribution in [0.15, 0.2) is 11.5 Å². The summed E-state index contributed by atoms with van der Waals surface area (Å²) in [6.07, 6.45) is 11.5. The van der Waals surface area contributed by atoms with Gasteiger partial charge in [-0.2, -0.15) is 23.5 Å². The second-order valence-electron chi connectivity index (χ2n) is 4.56. The molecule has 0 aliphatic rings. The third-order valence-corrected chi connectivity index (χ3v) is 13.3. The van der Waals surface area contributed by atoms with E-state index in [0.717, 1.165) is 0 Å². The number of rotatable bonds is 7. The Bertz CT molecular complexity index is 192. The van der Waals surface area contributed by atoms with Crippen LogP contribution in [-0.2, 0) is 0 Å². The molecule has 0 saturated carbocycles. The van der Waals surface area contributed by atoms with Crippen LogP contribution in [-0.4, -0.2) is 30.5 Å². The van der Waals surface area contributed by atoms with E-state index >= 15 is 0 Å². The summed E-state index contributed by atoms with van der Waals surface area (Å²) in [5.41, 5.74) is 0. The monoisotopic (exact) mass is 280 g/mol. The third kappa shape index (κ3) is 4.80. The maximum atomic E-state index is 2.48. The lowest BCUT2D eigenvalue weighted by Crippen LogP contribution is -2.46. The fourth-order valence-corrected chi connectivity index (χ4v) is 9.14. The molecule has 0 N–H and O–H groups in total. The highest BCUT2D eigenvalue weighted by atomic mass is 32.2. The van der Waals surface area contributed by atoms with Gasteiger partial charge in [0.2, 0.25) is 0 Å². The predicted octanol–water partition coefficient (Wildman–Crippen LogP) is 4.94. The van der Waals surface area contributed by atoms with Crippen molar-refractivity contribution >= 4 is 43.4 Å². The van der Waals surface area contributed by atoms with Crippen LogP contribution in [0.25, 0.3) is 0 Å². The molecule has 0 atom stereocenters. The fourth-order valence-electron chi connectivity index (χ4n) is 1.71. The second kappa shape index (κ2) is 7.36. The Morgan fingerprint density at radius 2 is 1.60 bits per heavy atom. The summed E-state index contributed by atoms with van der Waals surface area (Å²) in [6.45, 7) is 7.45. The standard InChI is InChI=1S/C11H24S3Si/c1-12-10-8-7-9-11(13-2,14-3)15(4,5)6/h8,10H,7,9H2,1-6H3/b10-8-. The molecule has 15 heavy (non-hydrogen) atoms. The summed E-state index contributed by atoms with van der Waals surface area (Å²) in [5.74, 6) is 0. The van der Waals surface area contributed by atoms with E-state index in [0.29, 0.717) is 3.70 Å². The number of hydrogen-bond acceptors (Lipinski definition) is 3. The Morgan fingerprint density at radius 1 is 1.07 bits per heavy atom. The molecule has 0 fully saturated rings. The summed E-state index contributed by atoms with van der Waals surface area (Å²) >= 11 is 5.92. The number of allylic oxidation sites excluding steroid dienone is 1. The van der Waals surface area contributed by atoms with Gasteiger partial charge < -0.3 is 0 Å². The van der Waals surface area contributed by atoms with Gasteiger partial charge in [0.1, 0.15) is 0 Å². The molecule has 0 bridgehead atoms. The Balaban J connectivity index is 4.45. The maximum absolute atomic E-state index is 2.48. The van der Waals surface area contributed by atoms with Crippen molar-refractivity contribution in [1.82, 2.24) is 0 Å². The molecule has 0 aliphatic heterocycles. The van der Waals surface area contributed by atoms with Crippen molar-refractivity contribution in [3.63, 3.8) is 0 Å². The smallest absolute Gasteiger partial charge is 0.0751 e. The van der Waals surface area contributed by atoms with E-state index in [1.807, 2.05) is 0 Å². The highest BCUT2D eigenvalue weighted by Crippen LogP contribution is 2.45. The summed E-state index contributed by atoms with van der Waals surface area (Å²) in [5, 5.41) is 2.20. The zero-order valence-corrected chi connectivity index (χ0v) is 14.2. The van der Waals surface area contributed by atoms with Crippen molar-refractivity contribution in [2.24, 2.45) is 0 Å². The largest absolute Gasteiger partial charge is 0.151 e. The molecule has 0 heterocycles. The number of hydrogen-bond donors (Lipinski definition) is 0. The van der Waals surface area contributed by atoms with Crippen LogP contribution in [0.5, 0.6) is 0 Å². The van der Waals surface area contributed by atoms with Gasteiger partial charge in [-0.3, -0.25) is 0 Å². The van der Waals surface area contributed by atoms with Crippen molar-refractivity contribution in [3.05, 3.63) is 11.5 Å². The van der Waals surface area contributed by atoms with Crippen molar-refractivity contribution in [1.29, 1.82) is 0 Å². The SMILES string of the molecule is CS/C=C\CCC(SC)(SC)[Si](C)(C)C. The lowest BCUT2D eigenvalue weighted by molar-refractivity contribution is 0.872. The van der Waals surface area contributed by atoms with E-state index in [-0.39, 0.29) is 0 Å². The van der Waals surface area contributed by atoms with Crippen LogP contribution in [0.3, 0.4) is 0 Å². The van der Waals surface area contributed by atoms with Crippen molar-refractivity contribution in [2.45, 2.75) is 36.2 Å². The van der Waals surface area contributed by atoms with E-state index in [2.05, 4.69) is 73.4 Å². The molecule has 0 spiro atoms. The summed E-state index contributed by atoms with van der Waals surface area (Å²) in [6, 6.07) is 0. The molecule has 0 aliphatic carbocycles. The molecule has 0 nitrogen and oxygen atoms in total. The quantitative estimate of drug-likeness (QED) is 0.479. The van der Waals surface area contributed by atoms with Crippen molar-refractivity contribution < 1.29 is 0 Å². The predicted molar refractivity (Wildman–Crippen MR) is 85.0 cm³/mol. The minimum Gasteiger partial charge on any atom is -0.151 e. The molecule has 0 aromatic rings. The first-order chi connectivity index (χ1) is 6.93. The van der Waals surface area contributed by atoms with E-state index in [1.165, 1.54) is 12.8 Å². The van der Waals surface area contributed by atoms with Gasteiger partial charge in [0.05, 0.1) is 11.8 Å². The van der Waals surface area contributed by atoms with Crippen LogP contribution in [0.4, 0.5) is 0 Å². The lowest BCUT2D eigenvalue weighted by atomic mass is 10.3. The van der Waals surface area contributed by atoms with Crippen LogP contribution in [0.1, 0.15) is 12.8 Å². The topological polar surface area (TPSA) is 0 Å². The van der Waals surface area contributed by atoms with Gasteiger partial charge >= 0.3 is 0 Å². The molecule has 0 rings (SSSR count). The van der Waals surface area contributed by atoms with Gasteiger partial charge in [-0.1, -0.05) is 25.7 Å². The molecule has 0 amide bonds. The van der Waals surface area contributed by atoms with Gasteiger partial charge in [-0.25, -0.2) is 0 Å². The fraction of sp³-hybridized carbons (Fsp3) is 0.818. The Morgan fingerprint density at radius 3 is 1.93 bits per heavy atom. The first-order valence-electron chi connectivity index (χ1n) is 5.21. The average Bonchev–Trinajstić information content (AvgIpc) is 2.17. The minimum absolute atomic E-state index is 0.482. The first-order valence-corrected chi connectivity index (χ1v) is 12.5. The molecule has 0 unspecified atom stereocenters. The maximum Gasteiger partial charge on any atom is 0.0751 e. The van der Waals surface area contributed by atoms with Gasteiger partial charge in [0, 0.05) is 0 Å². The van der Waals surface area contributed by atoms with E-state index in [4.69, 9.17) is 0 Å². The highest BCUT2D eigenvalue weighted by Gasteiger charge is 2.41. The van der Waals surface area contributed by atoms with Crippen LogP contribution in [0.2, 0.25) is 19.6 Å². The zero-order valence-electron chi connectivity index (χ0n) is 10.8. The van der Waals surface area contributed by atoms with Gasteiger partial charge in [0.25, 0.3) is 0 Å². The Hall–Kier alpha value is 1.01. The van der Waals surface area contributed by atoms with Crippen LogP contribution >= 0.6 is 35.3 Å². The van der Waals surface area contributed by atoms with E-state index < -0.39 is 8.07 Å². The highest BCUT2D eigenvalue weighted by molar-refractivity contribution is 8.20. The summed E-state index contributed by atoms with van der Waals surface area (Å²) in [7, 11) is -1.11. The lowest BCUT2D eigenvalue weighted by Gasteiger charge is -2.41. The van der Waals surface area contributed by atoms with Gasteiger partial charge in [0.15, 0.2) is 0 Å². The van der Waals surface area contributed by atoms with E-state index in [1.54, 1.807) is 11.8 Å². The normalized spacial score (nSPS) is 13.7. The molecule has 0 saturated heterocycles. The average molecular weight is 281 g/mol. The van der Waals surface area contributed by atoms with Gasteiger partial charge in [-0.15, -0.1) is 11.8 Å². The summed E-state index contributed by atoms with van der Waals surface area (Å²) in [4.78, 5) is 0. The van der Waals surface area contributed by atoms with Crippen molar-refractivity contribution in [3.8, 4) is 0 Å². The zero-order chi connectivity index (χ0) is 11.9. The Labute approximate surface area is 109 Å². The summed E-state index contributed by atoms with van der Waals surface area (Å²) < 4.78 is 0.482. The molecular weight excluding hydrogens is 256 g/mol. The van der Waals surface area contributed by atoms with Crippen LogP contribution < -0.4 is 0 Å².